The Morgan fingerprint density at radius 2 is 1.92 bits per heavy atom. The van der Waals surface area contributed by atoms with Crippen molar-refractivity contribution in [3.05, 3.63) is 46.9 Å². The number of likely N-dealkylation sites (tertiary alicyclic amines) is 1. The van der Waals surface area contributed by atoms with Gasteiger partial charge in [-0.2, -0.15) is 0 Å². The number of aromatic nitrogens is 1. The zero-order chi connectivity index (χ0) is 16.6. The summed E-state index contributed by atoms with van der Waals surface area (Å²) in [4.78, 5) is 8.57. The van der Waals surface area contributed by atoms with Gasteiger partial charge in [-0.05, 0) is 18.6 Å². The van der Waals surface area contributed by atoms with Crippen molar-refractivity contribution in [2.24, 2.45) is 5.41 Å². The summed E-state index contributed by atoms with van der Waals surface area (Å²) < 4.78 is 29.7. The topological polar surface area (TPSA) is 19.4 Å². The third kappa shape index (κ3) is 2.82. The maximum atomic E-state index is 14.8. The highest BCUT2D eigenvalue weighted by atomic mass is 32.1. The first-order valence-electron chi connectivity index (χ1n) is 8.37. The summed E-state index contributed by atoms with van der Waals surface area (Å²) in [5.41, 5.74) is 0.0976. The largest absolute Gasteiger partial charge is 0.371 e. The van der Waals surface area contributed by atoms with Gasteiger partial charge in [0, 0.05) is 49.9 Å². The molecular formula is C18H21F2N3S. The van der Waals surface area contributed by atoms with Gasteiger partial charge in [-0.1, -0.05) is 18.2 Å². The summed E-state index contributed by atoms with van der Waals surface area (Å²) in [6.45, 7) is 2.70. The monoisotopic (exact) mass is 349 g/mol. The quantitative estimate of drug-likeness (QED) is 0.838. The van der Waals surface area contributed by atoms with Crippen LogP contribution in [0.15, 0.2) is 41.9 Å². The molecule has 24 heavy (non-hydrogen) atoms. The molecule has 0 bridgehead atoms. The molecule has 128 valence electrons. The molecule has 0 aliphatic carbocycles. The molecule has 4 rings (SSSR count). The van der Waals surface area contributed by atoms with E-state index in [-0.39, 0.29) is 6.42 Å². The van der Waals surface area contributed by atoms with Gasteiger partial charge in [0.15, 0.2) is 0 Å². The van der Waals surface area contributed by atoms with Crippen molar-refractivity contribution >= 4 is 17.0 Å². The summed E-state index contributed by atoms with van der Waals surface area (Å²) in [6, 6.07) is 9.91. The Balaban J connectivity index is 1.53. The summed E-state index contributed by atoms with van der Waals surface area (Å²) in [7, 11) is 0. The van der Waals surface area contributed by atoms with Gasteiger partial charge >= 0.3 is 0 Å². The van der Waals surface area contributed by atoms with Crippen LogP contribution in [-0.4, -0.2) is 42.0 Å². The fraction of sp³-hybridized carbons (Fsp3) is 0.500. The van der Waals surface area contributed by atoms with E-state index in [1.165, 1.54) is 0 Å². The fourth-order valence-corrected chi connectivity index (χ4v) is 4.66. The van der Waals surface area contributed by atoms with Crippen LogP contribution in [0.5, 0.6) is 0 Å². The number of anilines is 1. The van der Waals surface area contributed by atoms with Crippen LogP contribution in [0.2, 0.25) is 0 Å². The molecule has 1 unspecified atom stereocenters. The number of benzene rings is 1. The Hall–Kier alpha value is -1.53. The molecule has 1 aromatic carbocycles. The molecule has 0 radical (unpaired) electrons. The number of hydrogen-bond acceptors (Lipinski definition) is 4. The molecule has 2 aliphatic heterocycles. The first kappa shape index (κ1) is 16.0. The molecule has 1 atom stereocenters. The second kappa shape index (κ2) is 6.08. The molecule has 2 aromatic rings. The lowest BCUT2D eigenvalue weighted by Crippen LogP contribution is -2.56. The van der Waals surface area contributed by atoms with Crippen LogP contribution >= 0.6 is 11.3 Å². The number of piperidine rings is 1. The van der Waals surface area contributed by atoms with Crippen LogP contribution < -0.4 is 4.90 Å². The third-order valence-electron chi connectivity index (χ3n) is 5.36. The highest BCUT2D eigenvalue weighted by Gasteiger charge is 2.59. The Bertz CT molecular complexity index is 677. The van der Waals surface area contributed by atoms with Crippen molar-refractivity contribution in [3.8, 4) is 0 Å². The number of alkyl halides is 2. The van der Waals surface area contributed by atoms with Gasteiger partial charge in [-0.15, -0.1) is 11.3 Å². The van der Waals surface area contributed by atoms with Crippen molar-refractivity contribution in [2.45, 2.75) is 25.3 Å². The van der Waals surface area contributed by atoms with Crippen LogP contribution in [0, 0.1) is 5.41 Å². The van der Waals surface area contributed by atoms with Gasteiger partial charge in [0.25, 0.3) is 5.92 Å². The predicted octanol–water partition coefficient (Wildman–Crippen LogP) is 3.88. The minimum atomic E-state index is -2.60. The Labute approximate surface area is 144 Å². The van der Waals surface area contributed by atoms with Crippen molar-refractivity contribution in [1.29, 1.82) is 0 Å². The number of rotatable bonds is 3. The molecule has 0 amide bonds. The standard InChI is InChI=1S/C18H21F2N3S/c19-18(20)7-9-22(12-16-21-8-11-24-16)13-17(18)6-10-23(14-17)15-4-2-1-3-5-15/h1-5,8,11H,6-7,9-10,12-14H2. The Kier molecular flexibility index (Phi) is 4.04. The van der Waals surface area contributed by atoms with Gasteiger partial charge in [-0.25, -0.2) is 13.8 Å². The van der Waals surface area contributed by atoms with E-state index < -0.39 is 11.3 Å². The van der Waals surface area contributed by atoms with E-state index in [2.05, 4.69) is 14.8 Å². The summed E-state index contributed by atoms with van der Waals surface area (Å²) in [5, 5.41) is 2.95. The fourth-order valence-electron chi connectivity index (χ4n) is 4.00. The van der Waals surface area contributed by atoms with Crippen molar-refractivity contribution in [2.75, 3.05) is 31.1 Å². The van der Waals surface area contributed by atoms with E-state index in [0.29, 0.717) is 39.1 Å². The van der Waals surface area contributed by atoms with Gasteiger partial charge in [0.05, 0.1) is 12.0 Å². The van der Waals surface area contributed by atoms with E-state index in [1.807, 2.05) is 35.7 Å². The molecule has 1 aromatic heterocycles. The number of thiazole rings is 1. The number of nitrogens with zero attached hydrogens (tertiary/aromatic N) is 3. The molecule has 2 fully saturated rings. The normalized spacial score (nSPS) is 27.0. The van der Waals surface area contributed by atoms with Crippen molar-refractivity contribution in [1.82, 2.24) is 9.88 Å². The molecule has 3 nitrogen and oxygen atoms in total. The lowest BCUT2D eigenvalue weighted by Gasteiger charge is -2.45. The summed E-state index contributed by atoms with van der Waals surface area (Å²) in [6.07, 6.45) is 2.27. The number of hydrogen-bond donors (Lipinski definition) is 0. The molecule has 2 saturated heterocycles. The lowest BCUT2D eigenvalue weighted by molar-refractivity contribution is -0.158. The molecule has 2 aliphatic rings. The second-order valence-electron chi connectivity index (χ2n) is 6.88. The van der Waals surface area contributed by atoms with Crippen LogP contribution in [0.4, 0.5) is 14.5 Å². The van der Waals surface area contributed by atoms with Gasteiger partial charge in [0.1, 0.15) is 5.01 Å². The lowest BCUT2D eigenvalue weighted by atomic mass is 9.75. The summed E-state index contributed by atoms with van der Waals surface area (Å²) >= 11 is 1.59. The third-order valence-corrected chi connectivity index (χ3v) is 6.13. The zero-order valence-electron chi connectivity index (χ0n) is 13.5. The van der Waals surface area contributed by atoms with Gasteiger partial charge in [0.2, 0.25) is 0 Å². The highest BCUT2D eigenvalue weighted by molar-refractivity contribution is 7.09. The average Bonchev–Trinajstić information content (AvgIpc) is 3.23. The molecule has 6 heteroatoms. The van der Waals surface area contributed by atoms with E-state index in [0.717, 1.165) is 10.7 Å². The van der Waals surface area contributed by atoms with E-state index in [1.54, 1.807) is 17.5 Å². The van der Waals surface area contributed by atoms with E-state index >= 15 is 0 Å². The average molecular weight is 349 g/mol. The van der Waals surface area contributed by atoms with Crippen LogP contribution in [-0.2, 0) is 6.54 Å². The Morgan fingerprint density at radius 1 is 1.08 bits per heavy atom. The number of halogens is 2. The molecule has 0 N–H and O–H groups in total. The van der Waals surface area contributed by atoms with Crippen molar-refractivity contribution in [3.63, 3.8) is 0 Å². The summed E-state index contributed by atoms with van der Waals surface area (Å²) in [5.74, 6) is -2.60. The second-order valence-corrected chi connectivity index (χ2v) is 7.86. The smallest absolute Gasteiger partial charge is 0.257 e. The predicted molar refractivity (Wildman–Crippen MR) is 92.7 cm³/mol. The van der Waals surface area contributed by atoms with Crippen LogP contribution in [0.25, 0.3) is 0 Å². The first-order valence-corrected chi connectivity index (χ1v) is 9.25. The molecule has 1 spiro atoms. The SMILES string of the molecule is FC1(F)CCN(Cc2nccs2)CC12CCN(c1ccccc1)C2. The zero-order valence-corrected chi connectivity index (χ0v) is 14.3. The van der Waals surface area contributed by atoms with Crippen molar-refractivity contribution < 1.29 is 8.78 Å². The molecule has 3 heterocycles. The molecule has 0 saturated carbocycles. The highest BCUT2D eigenvalue weighted by Crippen LogP contribution is 2.50. The van der Waals surface area contributed by atoms with Gasteiger partial charge < -0.3 is 4.90 Å². The minimum Gasteiger partial charge on any atom is -0.371 e. The first-order chi connectivity index (χ1) is 11.6. The van der Waals surface area contributed by atoms with E-state index in [4.69, 9.17) is 0 Å². The maximum Gasteiger partial charge on any atom is 0.257 e. The van der Waals surface area contributed by atoms with E-state index in [9.17, 15) is 8.78 Å². The van der Waals surface area contributed by atoms with Gasteiger partial charge in [-0.3, -0.25) is 4.90 Å². The van der Waals surface area contributed by atoms with Crippen LogP contribution in [0.3, 0.4) is 0 Å². The minimum absolute atomic E-state index is 0.0546. The van der Waals surface area contributed by atoms with Crippen LogP contribution in [0.1, 0.15) is 17.8 Å². The number of para-hydroxylation sites is 1. The maximum absolute atomic E-state index is 14.8. The molecular weight excluding hydrogens is 328 g/mol. The Morgan fingerprint density at radius 3 is 2.67 bits per heavy atom.